The van der Waals surface area contributed by atoms with Gasteiger partial charge in [0.25, 0.3) is 21.8 Å². The van der Waals surface area contributed by atoms with Crippen LogP contribution in [0, 0.1) is 5.92 Å². The number of likely N-dealkylation sites (N-methyl/N-ethyl adjacent to an activating group) is 1. The van der Waals surface area contributed by atoms with Gasteiger partial charge in [-0.15, -0.1) is 0 Å². The highest BCUT2D eigenvalue weighted by molar-refractivity contribution is 7.92. The van der Waals surface area contributed by atoms with Crippen LogP contribution < -0.4 is 9.46 Å². The summed E-state index contributed by atoms with van der Waals surface area (Å²) in [5.74, 6) is -0.552. The fourth-order valence-corrected chi connectivity index (χ4v) is 6.52. The van der Waals surface area contributed by atoms with E-state index in [2.05, 4.69) is 9.71 Å². The minimum atomic E-state index is -3.99. The molecule has 0 unspecified atom stereocenters. The lowest BCUT2D eigenvalue weighted by molar-refractivity contribution is -0.0149. The average molecular weight is 687 g/mol. The first kappa shape index (κ1) is 36.1. The highest BCUT2D eigenvalue weighted by atomic mass is 35.5. The molecule has 4 atom stereocenters. The van der Waals surface area contributed by atoms with Crippen LogP contribution in [0.5, 0.6) is 5.75 Å². The third-order valence-electron chi connectivity index (χ3n) is 8.16. The lowest BCUT2D eigenvalue weighted by Crippen LogP contribution is -2.48. The van der Waals surface area contributed by atoms with Gasteiger partial charge in [0, 0.05) is 61.3 Å². The summed E-state index contributed by atoms with van der Waals surface area (Å²) >= 11 is 5.94. The number of pyridine rings is 1. The van der Waals surface area contributed by atoms with Crippen molar-refractivity contribution < 1.29 is 32.6 Å². The number of hydrogen-bond acceptors (Lipinski definition) is 8. The number of fused-ring (bicyclic) bond motifs is 1. The number of hydrogen-bond donors (Lipinski definition) is 2. The molecule has 3 aromatic rings. The third-order valence-corrected chi connectivity index (χ3v) is 9.80. The van der Waals surface area contributed by atoms with Crippen LogP contribution in [0.2, 0.25) is 5.02 Å². The number of aliphatic hydroxyl groups is 1. The molecule has 254 valence electrons. The maximum absolute atomic E-state index is 14.3. The monoisotopic (exact) mass is 686 g/mol. The molecule has 0 saturated carbocycles. The van der Waals surface area contributed by atoms with E-state index in [9.17, 15) is 23.1 Å². The van der Waals surface area contributed by atoms with Crippen molar-refractivity contribution in [2.45, 2.75) is 63.2 Å². The molecular weight excluding hydrogens is 644 g/mol. The molecule has 2 heterocycles. The number of halogens is 1. The second kappa shape index (κ2) is 16.4. The fourth-order valence-electron chi connectivity index (χ4n) is 5.34. The number of carbonyl (C=O) groups is 2. The first-order valence-electron chi connectivity index (χ1n) is 15.7. The van der Waals surface area contributed by atoms with Gasteiger partial charge in [0.15, 0.2) is 0 Å². The summed E-state index contributed by atoms with van der Waals surface area (Å²) in [6, 6.07) is 13.1. The van der Waals surface area contributed by atoms with Crippen molar-refractivity contribution in [3.05, 3.63) is 83.1 Å². The van der Waals surface area contributed by atoms with E-state index in [1.165, 1.54) is 30.3 Å². The molecule has 1 aliphatic heterocycles. The summed E-state index contributed by atoms with van der Waals surface area (Å²) in [6.07, 6.45) is 4.75. The van der Waals surface area contributed by atoms with E-state index in [0.717, 1.165) is 12.8 Å². The fraction of sp³-hybridized carbons (Fsp3) is 0.441. The van der Waals surface area contributed by atoms with Crippen LogP contribution >= 0.6 is 11.6 Å². The average Bonchev–Trinajstić information content (AvgIpc) is 3.06. The Balaban J connectivity index is 1.66. The summed E-state index contributed by atoms with van der Waals surface area (Å²) < 4.78 is 41.5. The normalized spacial score (nSPS) is 20.3. The van der Waals surface area contributed by atoms with Crippen LogP contribution in [0.3, 0.4) is 0 Å². The molecule has 2 aromatic carbocycles. The Hall–Kier alpha value is -3.71. The maximum atomic E-state index is 14.3. The van der Waals surface area contributed by atoms with Crippen molar-refractivity contribution in [3.63, 3.8) is 0 Å². The standard InChI is InChI=1S/C34H43ClN4O7S/c1-23-20-39(24(2)22-40)34(42)30-19-28(37-47(43,44)29-11-8-27(35)9-12-29)10-13-31(30)46-25(3)7-5-6-18-45-32(23)21-38(4)33(41)26-14-16-36-17-15-26/h8-17,19,23-25,32,37,40H,5-7,18,20-22H2,1-4H3/t23-,24+,25-,32-/m1/s1. The van der Waals surface area contributed by atoms with E-state index in [1.807, 2.05) is 13.8 Å². The highest BCUT2D eigenvalue weighted by Gasteiger charge is 2.31. The molecule has 0 radical (unpaired) electrons. The topological polar surface area (TPSA) is 138 Å². The molecule has 0 saturated heterocycles. The van der Waals surface area contributed by atoms with Crippen molar-refractivity contribution in [1.29, 1.82) is 0 Å². The Bertz CT molecular complexity index is 1610. The molecule has 1 aromatic heterocycles. The van der Waals surface area contributed by atoms with Gasteiger partial charge < -0.3 is 24.4 Å². The third kappa shape index (κ3) is 9.66. The molecule has 4 rings (SSSR count). The van der Waals surface area contributed by atoms with Gasteiger partial charge in [-0.25, -0.2) is 8.42 Å². The number of aliphatic hydroxyl groups excluding tert-OH is 1. The number of anilines is 1. The van der Waals surface area contributed by atoms with Gasteiger partial charge in [0.05, 0.1) is 35.3 Å². The number of ether oxygens (including phenoxy) is 2. The van der Waals surface area contributed by atoms with E-state index in [1.54, 1.807) is 60.4 Å². The van der Waals surface area contributed by atoms with E-state index < -0.39 is 28.1 Å². The Morgan fingerprint density at radius 3 is 2.51 bits per heavy atom. The number of nitrogens with zero attached hydrogens (tertiary/aromatic N) is 3. The lowest BCUT2D eigenvalue weighted by atomic mass is 10.0. The van der Waals surface area contributed by atoms with Gasteiger partial charge >= 0.3 is 0 Å². The van der Waals surface area contributed by atoms with Crippen molar-refractivity contribution in [2.75, 3.05) is 38.1 Å². The van der Waals surface area contributed by atoms with Gasteiger partial charge in [-0.3, -0.25) is 19.3 Å². The van der Waals surface area contributed by atoms with Gasteiger partial charge in [-0.2, -0.15) is 0 Å². The quantitative estimate of drug-likeness (QED) is 0.334. The van der Waals surface area contributed by atoms with Crippen LogP contribution in [0.1, 0.15) is 60.7 Å². The molecule has 0 fully saturated rings. The predicted molar refractivity (Wildman–Crippen MR) is 180 cm³/mol. The van der Waals surface area contributed by atoms with Crippen molar-refractivity contribution >= 4 is 39.1 Å². The zero-order chi connectivity index (χ0) is 34.1. The first-order chi connectivity index (χ1) is 22.4. The van der Waals surface area contributed by atoms with Crippen molar-refractivity contribution in [3.8, 4) is 5.75 Å². The van der Waals surface area contributed by atoms with Gasteiger partial charge in [-0.05, 0) is 87.7 Å². The zero-order valence-electron chi connectivity index (χ0n) is 27.1. The molecule has 47 heavy (non-hydrogen) atoms. The highest BCUT2D eigenvalue weighted by Crippen LogP contribution is 2.30. The van der Waals surface area contributed by atoms with Crippen LogP contribution in [0.4, 0.5) is 5.69 Å². The maximum Gasteiger partial charge on any atom is 0.261 e. The first-order valence-corrected chi connectivity index (χ1v) is 17.5. The number of amides is 2. The molecule has 1 aliphatic rings. The van der Waals surface area contributed by atoms with Gasteiger partial charge in [-0.1, -0.05) is 18.5 Å². The molecule has 13 heteroatoms. The van der Waals surface area contributed by atoms with Gasteiger partial charge in [0.2, 0.25) is 0 Å². The molecule has 0 aliphatic carbocycles. The predicted octanol–water partition coefficient (Wildman–Crippen LogP) is 5.10. The molecule has 11 nitrogen and oxygen atoms in total. The second-order valence-corrected chi connectivity index (χ2v) is 14.1. The zero-order valence-corrected chi connectivity index (χ0v) is 28.7. The van der Waals surface area contributed by atoms with E-state index in [0.29, 0.717) is 29.4 Å². The summed E-state index contributed by atoms with van der Waals surface area (Å²) in [4.78, 5) is 34.6. The summed E-state index contributed by atoms with van der Waals surface area (Å²) in [7, 11) is -2.28. The number of rotatable bonds is 8. The summed E-state index contributed by atoms with van der Waals surface area (Å²) in [6.45, 7) is 6.23. The lowest BCUT2D eigenvalue weighted by Gasteiger charge is -2.36. The minimum Gasteiger partial charge on any atom is -0.490 e. The Morgan fingerprint density at radius 2 is 1.83 bits per heavy atom. The Labute approximate surface area is 281 Å². The van der Waals surface area contributed by atoms with Crippen molar-refractivity contribution in [1.82, 2.24) is 14.8 Å². The van der Waals surface area contributed by atoms with Crippen LogP contribution in [-0.2, 0) is 14.8 Å². The second-order valence-electron chi connectivity index (χ2n) is 12.0. The number of aromatic nitrogens is 1. The number of sulfonamides is 1. The smallest absolute Gasteiger partial charge is 0.261 e. The Morgan fingerprint density at radius 1 is 1.13 bits per heavy atom. The molecule has 2 N–H and O–H groups in total. The number of carbonyl (C=O) groups excluding carboxylic acids is 2. The van der Waals surface area contributed by atoms with E-state index in [-0.39, 0.29) is 53.8 Å². The largest absolute Gasteiger partial charge is 0.490 e. The number of nitrogens with one attached hydrogen (secondary N) is 1. The van der Waals surface area contributed by atoms with E-state index >= 15 is 0 Å². The van der Waals surface area contributed by atoms with Crippen LogP contribution in [0.15, 0.2) is 71.9 Å². The van der Waals surface area contributed by atoms with Gasteiger partial charge in [0.1, 0.15) is 5.75 Å². The number of benzene rings is 2. The molecule has 2 amide bonds. The minimum absolute atomic E-state index is 0.0148. The van der Waals surface area contributed by atoms with Crippen LogP contribution in [0.25, 0.3) is 0 Å². The summed E-state index contributed by atoms with van der Waals surface area (Å²) in [5.41, 5.74) is 0.835. The molecular formula is C34H43ClN4O7S. The van der Waals surface area contributed by atoms with Crippen LogP contribution in [-0.4, -0.2) is 91.7 Å². The SMILES string of the molecule is C[C@@H]1CCCCO[C@H](CN(C)C(=O)c2ccncc2)[C@H](C)CN([C@@H](C)CO)C(=O)c2cc(NS(=O)(=O)c3ccc(Cl)cc3)ccc2O1. The van der Waals surface area contributed by atoms with E-state index in [4.69, 9.17) is 21.1 Å². The summed E-state index contributed by atoms with van der Waals surface area (Å²) in [5, 5.41) is 10.6. The van der Waals surface area contributed by atoms with Crippen molar-refractivity contribution in [2.24, 2.45) is 5.92 Å². The Kier molecular flexibility index (Phi) is 12.6. The molecule has 0 spiro atoms. The molecule has 0 bridgehead atoms.